The molecule has 0 bridgehead atoms. The van der Waals surface area contributed by atoms with Crippen molar-refractivity contribution >= 4 is 38.9 Å². The topological polar surface area (TPSA) is 33.3 Å². The van der Waals surface area contributed by atoms with Gasteiger partial charge in [0.2, 0.25) is 0 Å². The first-order valence-corrected chi connectivity index (χ1v) is 8.67. The molecule has 0 amide bonds. The lowest BCUT2D eigenvalue weighted by Crippen LogP contribution is -2.39. The molecule has 0 saturated carbocycles. The second-order valence-corrected chi connectivity index (χ2v) is 6.85. The number of nitrogens with one attached hydrogen (secondary N) is 2. The minimum absolute atomic E-state index is 0.104. The molecule has 0 fully saturated rings. The Morgan fingerprint density at radius 3 is 2.52 bits per heavy atom. The first-order chi connectivity index (χ1) is 10.9. The van der Waals surface area contributed by atoms with E-state index in [2.05, 4.69) is 33.5 Å². The van der Waals surface area contributed by atoms with Crippen LogP contribution in [0.2, 0.25) is 0 Å². The molecular weight excluding hydrogens is 372 g/mol. The highest BCUT2D eigenvalue weighted by atomic mass is 79.9. The van der Waals surface area contributed by atoms with Gasteiger partial charge in [0.1, 0.15) is 12.4 Å². The number of ether oxygens (including phenoxy) is 1. The van der Waals surface area contributed by atoms with Crippen LogP contribution in [0.15, 0.2) is 46.9 Å². The van der Waals surface area contributed by atoms with E-state index >= 15 is 0 Å². The number of rotatable bonds is 5. The molecule has 0 heterocycles. The van der Waals surface area contributed by atoms with Crippen molar-refractivity contribution in [2.45, 2.75) is 26.8 Å². The van der Waals surface area contributed by atoms with Gasteiger partial charge in [-0.25, -0.2) is 0 Å². The fourth-order valence-electron chi connectivity index (χ4n) is 2.01. The van der Waals surface area contributed by atoms with Crippen LogP contribution in [0, 0.1) is 13.8 Å². The Labute approximate surface area is 151 Å². The number of thiocarbonyl (C=S) groups is 1. The Balaban J connectivity index is 1.79. The SMILES string of the molecule is Cc1ccc(OC[C@@H](C)NC(=S)Nc2ccc(Br)c(C)c2)cc1. The van der Waals surface area contributed by atoms with Gasteiger partial charge in [-0.15, -0.1) is 0 Å². The molecule has 2 aromatic carbocycles. The Morgan fingerprint density at radius 1 is 1.17 bits per heavy atom. The molecule has 2 rings (SSSR count). The van der Waals surface area contributed by atoms with E-state index in [0.717, 1.165) is 21.5 Å². The molecule has 122 valence electrons. The van der Waals surface area contributed by atoms with Crippen molar-refractivity contribution in [3.05, 3.63) is 58.1 Å². The molecule has 1 atom stereocenters. The average molecular weight is 393 g/mol. The highest BCUT2D eigenvalue weighted by Gasteiger charge is 2.06. The van der Waals surface area contributed by atoms with Crippen LogP contribution in [0.5, 0.6) is 5.75 Å². The molecule has 5 heteroatoms. The number of hydrogen-bond donors (Lipinski definition) is 2. The first kappa shape index (κ1) is 17.8. The van der Waals surface area contributed by atoms with E-state index < -0.39 is 0 Å². The molecule has 2 aromatic rings. The predicted molar refractivity (Wildman–Crippen MR) is 104 cm³/mol. The second kappa shape index (κ2) is 8.31. The van der Waals surface area contributed by atoms with Crippen molar-refractivity contribution in [1.82, 2.24) is 5.32 Å². The standard InChI is InChI=1S/C18H21BrN2OS/c1-12-4-7-16(8-5-12)22-11-14(3)20-18(23)21-15-6-9-17(19)13(2)10-15/h4-10,14H,11H2,1-3H3,(H2,20,21,23)/t14-/m1/s1. The van der Waals surface area contributed by atoms with Gasteiger partial charge in [0.15, 0.2) is 5.11 Å². The summed E-state index contributed by atoms with van der Waals surface area (Å²) in [6, 6.07) is 14.2. The molecule has 0 aliphatic carbocycles. The smallest absolute Gasteiger partial charge is 0.171 e. The molecule has 0 aromatic heterocycles. The normalized spacial score (nSPS) is 11.7. The van der Waals surface area contributed by atoms with Crippen LogP contribution in [0.1, 0.15) is 18.1 Å². The number of halogens is 1. The lowest BCUT2D eigenvalue weighted by Gasteiger charge is -2.18. The van der Waals surface area contributed by atoms with Crippen LogP contribution in [-0.4, -0.2) is 17.8 Å². The zero-order chi connectivity index (χ0) is 16.8. The summed E-state index contributed by atoms with van der Waals surface area (Å²) >= 11 is 8.84. The third kappa shape index (κ3) is 5.84. The highest BCUT2D eigenvalue weighted by Crippen LogP contribution is 2.20. The third-order valence-corrected chi connectivity index (χ3v) is 4.42. The Hall–Kier alpha value is -1.59. The van der Waals surface area contributed by atoms with Crippen LogP contribution in [-0.2, 0) is 0 Å². The number of hydrogen-bond acceptors (Lipinski definition) is 2. The third-order valence-electron chi connectivity index (χ3n) is 3.31. The van der Waals surface area contributed by atoms with Gasteiger partial charge in [-0.3, -0.25) is 0 Å². The van der Waals surface area contributed by atoms with Crippen molar-refractivity contribution in [3.8, 4) is 5.75 Å². The van der Waals surface area contributed by atoms with Gasteiger partial charge in [0.05, 0.1) is 6.04 Å². The van der Waals surface area contributed by atoms with Gasteiger partial charge in [0.25, 0.3) is 0 Å². The van der Waals surface area contributed by atoms with Gasteiger partial charge < -0.3 is 15.4 Å². The molecular formula is C18H21BrN2OS. The van der Waals surface area contributed by atoms with Crippen LogP contribution in [0.4, 0.5) is 5.69 Å². The van der Waals surface area contributed by atoms with Crippen LogP contribution in [0.25, 0.3) is 0 Å². The fourth-order valence-corrected chi connectivity index (χ4v) is 2.58. The van der Waals surface area contributed by atoms with Crippen molar-refractivity contribution in [3.63, 3.8) is 0 Å². The van der Waals surface area contributed by atoms with Gasteiger partial charge in [-0.2, -0.15) is 0 Å². The van der Waals surface area contributed by atoms with Crippen molar-refractivity contribution < 1.29 is 4.74 Å². The summed E-state index contributed by atoms with van der Waals surface area (Å²) in [6.07, 6.45) is 0. The lowest BCUT2D eigenvalue weighted by atomic mass is 10.2. The zero-order valence-corrected chi connectivity index (χ0v) is 15.9. The largest absolute Gasteiger partial charge is 0.491 e. The lowest BCUT2D eigenvalue weighted by molar-refractivity contribution is 0.287. The summed E-state index contributed by atoms with van der Waals surface area (Å²) in [5.74, 6) is 0.867. The van der Waals surface area contributed by atoms with Crippen LogP contribution < -0.4 is 15.4 Å². The minimum Gasteiger partial charge on any atom is -0.491 e. The molecule has 0 aliphatic heterocycles. The van der Waals surface area contributed by atoms with E-state index in [1.165, 1.54) is 5.56 Å². The number of aryl methyl sites for hydroxylation is 2. The summed E-state index contributed by atoms with van der Waals surface area (Å²) < 4.78 is 6.84. The Bertz CT molecular complexity index is 673. The molecule has 0 radical (unpaired) electrons. The summed E-state index contributed by atoms with van der Waals surface area (Å²) in [7, 11) is 0. The van der Waals surface area contributed by atoms with Crippen molar-refractivity contribution in [2.75, 3.05) is 11.9 Å². The molecule has 2 N–H and O–H groups in total. The van der Waals surface area contributed by atoms with Gasteiger partial charge in [0, 0.05) is 10.2 Å². The van der Waals surface area contributed by atoms with Gasteiger partial charge in [-0.1, -0.05) is 33.6 Å². The minimum atomic E-state index is 0.104. The maximum atomic E-state index is 5.75. The quantitative estimate of drug-likeness (QED) is 0.714. The van der Waals surface area contributed by atoms with E-state index in [0.29, 0.717) is 11.7 Å². The summed E-state index contributed by atoms with van der Waals surface area (Å²) in [5, 5.41) is 7.01. The number of anilines is 1. The number of benzene rings is 2. The zero-order valence-electron chi connectivity index (χ0n) is 13.5. The summed E-state index contributed by atoms with van der Waals surface area (Å²) in [6.45, 7) is 6.69. The molecule has 0 unspecified atom stereocenters. The van der Waals surface area contributed by atoms with E-state index in [9.17, 15) is 0 Å². The van der Waals surface area contributed by atoms with Crippen LogP contribution >= 0.6 is 28.1 Å². The van der Waals surface area contributed by atoms with Crippen molar-refractivity contribution in [1.29, 1.82) is 0 Å². The second-order valence-electron chi connectivity index (χ2n) is 5.59. The van der Waals surface area contributed by atoms with Gasteiger partial charge >= 0.3 is 0 Å². The molecule has 23 heavy (non-hydrogen) atoms. The molecule has 0 spiro atoms. The summed E-state index contributed by atoms with van der Waals surface area (Å²) in [5.41, 5.74) is 3.35. The molecule has 0 saturated heterocycles. The maximum Gasteiger partial charge on any atom is 0.171 e. The Kier molecular flexibility index (Phi) is 6.42. The maximum absolute atomic E-state index is 5.75. The summed E-state index contributed by atoms with van der Waals surface area (Å²) in [4.78, 5) is 0. The van der Waals surface area contributed by atoms with Gasteiger partial charge in [-0.05, 0) is 68.9 Å². The Morgan fingerprint density at radius 2 is 1.87 bits per heavy atom. The van der Waals surface area contributed by atoms with E-state index in [-0.39, 0.29) is 6.04 Å². The predicted octanol–water partition coefficient (Wildman–Crippen LogP) is 4.82. The average Bonchev–Trinajstić information content (AvgIpc) is 2.50. The van der Waals surface area contributed by atoms with E-state index in [1.807, 2.05) is 56.3 Å². The van der Waals surface area contributed by atoms with Crippen LogP contribution in [0.3, 0.4) is 0 Å². The molecule has 3 nitrogen and oxygen atoms in total. The van der Waals surface area contributed by atoms with E-state index in [1.54, 1.807) is 0 Å². The van der Waals surface area contributed by atoms with E-state index in [4.69, 9.17) is 17.0 Å². The highest BCUT2D eigenvalue weighted by molar-refractivity contribution is 9.10. The first-order valence-electron chi connectivity index (χ1n) is 7.47. The molecule has 0 aliphatic rings. The van der Waals surface area contributed by atoms with Crippen molar-refractivity contribution in [2.24, 2.45) is 0 Å². The fraction of sp³-hybridized carbons (Fsp3) is 0.278. The monoisotopic (exact) mass is 392 g/mol.